The van der Waals surface area contributed by atoms with E-state index >= 15 is 0 Å². The number of esters is 2. The maximum atomic E-state index is 13.4. The number of imide groups is 2. The molecule has 0 bridgehead atoms. The first-order valence-electron chi connectivity index (χ1n) is 14.9. The van der Waals surface area contributed by atoms with Gasteiger partial charge in [-0.1, -0.05) is 76.9 Å². The van der Waals surface area contributed by atoms with Gasteiger partial charge >= 0.3 is 11.9 Å². The van der Waals surface area contributed by atoms with Gasteiger partial charge < -0.3 is 9.47 Å². The van der Waals surface area contributed by atoms with Crippen molar-refractivity contribution in [3.05, 3.63) is 21.9 Å². The van der Waals surface area contributed by atoms with Crippen LogP contribution in [0.15, 0.2) is 31.7 Å². The molecule has 2 unspecified atom stereocenters. The van der Waals surface area contributed by atoms with Crippen molar-refractivity contribution in [2.24, 2.45) is 17.3 Å². The standard InChI is InChI=1S/C31H38N2O8S2/c1-7-11-13-17(9-3)26(36)40-19-15-16-20(41-27(37)18(10-4)14-12-8-2)23-22(19)42-28(43-23)21-24(34)32-29(38)31(5,6)30(39)33(32)25(21)35/h15-18H,7-14H2,1-6H3. The van der Waals surface area contributed by atoms with Crippen LogP contribution in [0.4, 0.5) is 0 Å². The summed E-state index contributed by atoms with van der Waals surface area (Å²) in [6.07, 6.45) is 6.23. The monoisotopic (exact) mass is 630 g/mol. The lowest BCUT2D eigenvalue weighted by Gasteiger charge is -2.17. The molecule has 3 aliphatic rings. The van der Waals surface area contributed by atoms with Crippen LogP contribution in [-0.2, 0) is 28.8 Å². The third-order valence-corrected chi connectivity index (χ3v) is 10.6. The number of carbonyl (C=O) groups excluding carboxylic acids is 6. The molecule has 1 aromatic carbocycles. The van der Waals surface area contributed by atoms with Crippen LogP contribution in [0, 0.1) is 17.3 Å². The Morgan fingerprint density at radius 1 is 0.744 bits per heavy atom. The average Bonchev–Trinajstić information content (AvgIpc) is 3.57. The Kier molecular flexibility index (Phi) is 10.1. The fraction of sp³-hybridized carbons (Fsp3) is 0.548. The fourth-order valence-electron chi connectivity index (χ4n) is 5.10. The number of benzene rings is 1. The second-order valence-electron chi connectivity index (χ2n) is 11.4. The Labute approximate surface area is 260 Å². The predicted molar refractivity (Wildman–Crippen MR) is 161 cm³/mol. The zero-order chi connectivity index (χ0) is 31.6. The minimum absolute atomic E-state index is 0.203. The normalized spacial score (nSPS) is 18.7. The quantitative estimate of drug-likeness (QED) is 0.0676. The molecule has 2 atom stereocenters. The predicted octanol–water partition coefficient (Wildman–Crippen LogP) is 6.02. The highest BCUT2D eigenvalue weighted by atomic mass is 32.2. The molecule has 2 fully saturated rings. The largest absolute Gasteiger partial charge is 0.425 e. The Hall–Kier alpha value is -3.12. The molecule has 0 radical (unpaired) electrons. The van der Waals surface area contributed by atoms with E-state index in [0.717, 1.165) is 49.2 Å². The van der Waals surface area contributed by atoms with E-state index in [1.54, 1.807) is 12.1 Å². The number of ether oxygens (including phenoxy) is 2. The highest BCUT2D eigenvalue weighted by molar-refractivity contribution is 8.25. The van der Waals surface area contributed by atoms with E-state index < -0.39 is 41.0 Å². The zero-order valence-corrected chi connectivity index (χ0v) is 27.1. The Morgan fingerprint density at radius 2 is 1.14 bits per heavy atom. The van der Waals surface area contributed by atoms with Crippen molar-refractivity contribution in [2.45, 2.75) is 103 Å². The number of fused-ring (bicyclic) bond motifs is 2. The summed E-state index contributed by atoms with van der Waals surface area (Å²) in [7, 11) is 0. The van der Waals surface area contributed by atoms with Crippen molar-refractivity contribution in [3.63, 3.8) is 0 Å². The number of hydrogen-bond donors (Lipinski definition) is 0. The molecule has 0 saturated carbocycles. The number of hydrazine groups is 1. The van der Waals surface area contributed by atoms with Gasteiger partial charge in [0.2, 0.25) is 0 Å². The molecular weight excluding hydrogens is 592 g/mol. The summed E-state index contributed by atoms with van der Waals surface area (Å²) in [5.41, 5.74) is -1.87. The van der Waals surface area contributed by atoms with E-state index in [2.05, 4.69) is 0 Å². The Bertz CT molecular complexity index is 1300. The number of carbonyl (C=O) groups is 6. The van der Waals surface area contributed by atoms with Gasteiger partial charge in [0.25, 0.3) is 23.6 Å². The molecule has 2 saturated heterocycles. The summed E-state index contributed by atoms with van der Waals surface area (Å²) in [5, 5.41) is 1.19. The summed E-state index contributed by atoms with van der Waals surface area (Å²) in [5.74, 6) is -4.31. The topological polar surface area (TPSA) is 127 Å². The van der Waals surface area contributed by atoms with Crippen LogP contribution in [-0.4, -0.2) is 45.6 Å². The van der Waals surface area contributed by atoms with Crippen molar-refractivity contribution < 1.29 is 38.2 Å². The average molecular weight is 631 g/mol. The van der Waals surface area contributed by atoms with Gasteiger partial charge in [-0.15, -0.1) is 0 Å². The molecule has 232 valence electrons. The highest BCUT2D eigenvalue weighted by Crippen LogP contribution is 2.60. The molecule has 0 aromatic heterocycles. The number of rotatable bonds is 12. The molecule has 3 heterocycles. The first kappa shape index (κ1) is 32.8. The molecular formula is C31H38N2O8S2. The number of unbranched alkanes of at least 4 members (excludes halogenated alkanes) is 2. The van der Waals surface area contributed by atoms with Gasteiger partial charge in [0.15, 0.2) is 0 Å². The van der Waals surface area contributed by atoms with Crippen molar-refractivity contribution in [1.29, 1.82) is 0 Å². The van der Waals surface area contributed by atoms with Gasteiger partial charge in [-0.05, 0) is 51.7 Å². The number of thioether (sulfide) groups is 2. The van der Waals surface area contributed by atoms with Crippen LogP contribution in [0.3, 0.4) is 0 Å². The van der Waals surface area contributed by atoms with Gasteiger partial charge in [-0.3, -0.25) is 28.8 Å². The molecule has 0 aliphatic carbocycles. The molecule has 0 spiro atoms. The van der Waals surface area contributed by atoms with Crippen LogP contribution < -0.4 is 9.47 Å². The van der Waals surface area contributed by atoms with E-state index in [4.69, 9.17) is 9.47 Å². The minimum atomic E-state index is -1.54. The first-order chi connectivity index (χ1) is 20.4. The minimum Gasteiger partial charge on any atom is -0.425 e. The van der Waals surface area contributed by atoms with Crippen LogP contribution in [0.5, 0.6) is 11.5 Å². The van der Waals surface area contributed by atoms with Gasteiger partial charge in [-0.2, -0.15) is 10.0 Å². The number of amides is 4. The third kappa shape index (κ3) is 6.00. The lowest BCUT2D eigenvalue weighted by Crippen LogP contribution is -2.38. The molecule has 43 heavy (non-hydrogen) atoms. The van der Waals surface area contributed by atoms with Crippen LogP contribution >= 0.6 is 23.5 Å². The van der Waals surface area contributed by atoms with Crippen molar-refractivity contribution in [1.82, 2.24) is 10.0 Å². The lowest BCUT2D eigenvalue weighted by molar-refractivity contribution is -0.159. The third-order valence-electron chi connectivity index (χ3n) is 7.99. The Balaban J connectivity index is 1.72. The number of hydrogen-bond acceptors (Lipinski definition) is 10. The summed E-state index contributed by atoms with van der Waals surface area (Å²) in [6.45, 7) is 10.7. The second-order valence-corrected chi connectivity index (χ2v) is 13.7. The van der Waals surface area contributed by atoms with Gasteiger partial charge in [0.1, 0.15) is 22.5 Å². The van der Waals surface area contributed by atoms with E-state index in [1.165, 1.54) is 13.8 Å². The summed E-state index contributed by atoms with van der Waals surface area (Å²) >= 11 is 2.03. The van der Waals surface area contributed by atoms with Crippen LogP contribution in [0.2, 0.25) is 0 Å². The SMILES string of the molecule is CCCCC(CC)C(=O)Oc1ccc(OC(=O)C(CC)CCCC)c2c1SC(=C1C(=O)N3C(=O)C(C)(C)C(=O)N3C1=O)S2. The van der Waals surface area contributed by atoms with Crippen LogP contribution in [0.25, 0.3) is 0 Å². The van der Waals surface area contributed by atoms with E-state index in [1.807, 2.05) is 27.7 Å². The molecule has 4 amide bonds. The molecule has 12 heteroatoms. The molecule has 3 aliphatic heterocycles. The van der Waals surface area contributed by atoms with Crippen LogP contribution in [0.1, 0.15) is 92.9 Å². The van der Waals surface area contributed by atoms with E-state index in [-0.39, 0.29) is 33.1 Å². The lowest BCUT2D eigenvalue weighted by atomic mass is 9.92. The molecule has 0 N–H and O–H groups in total. The first-order valence-corrected chi connectivity index (χ1v) is 16.5. The summed E-state index contributed by atoms with van der Waals surface area (Å²) < 4.78 is 11.9. The summed E-state index contributed by atoms with van der Waals surface area (Å²) in [4.78, 5) is 79.6. The van der Waals surface area contributed by atoms with Crippen molar-refractivity contribution >= 4 is 59.1 Å². The molecule has 4 rings (SSSR count). The molecule has 1 aromatic rings. The van der Waals surface area contributed by atoms with Gasteiger partial charge in [-0.25, -0.2) is 0 Å². The maximum Gasteiger partial charge on any atom is 0.314 e. The highest BCUT2D eigenvalue weighted by Gasteiger charge is 2.63. The van der Waals surface area contributed by atoms with E-state index in [0.29, 0.717) is 45.5 Å². The van der Waals surface area contributed by atoms with E-state index in [9.17, 15) is 28.8 Å². The molecule has 10 nitrogen and oxygen atoms in total. The van der Waals surface area contributed by atoms with Crippen molar-refractivity contribution in [2.75, 3.05) is 0 Å². The number of nitrogens with zero attached hydrogens (tertiary/aromatic N) is 2. The Morgan fingerprint density at radius 3 is 1.49 bits per heavy atom. The fourth-order valence-corrected chi connectivity index (χ4v) is 7.75. The van der Waals surface area contributed by atoms with Gasteiger partial charge in [0.05, 0.1) is 25.9 Å². The van der Waals surface area contributed by atoms with Gasteiger partial charge in [0, 0.05) is 0 Å². The summed E-state index contributed by atoms with van der Waals surface area (Å²) in [6, 6.07) is 3.10. The second kappa shape index (κ2) is 13.3. The smallest absolute Gasteiger partial charge is 0.314 e. The zero-order valence-electron chi connectivity index (χ0n) is 25.4. The van der Waals surface area contributed by atoms with Crippen molar-refractivity contribution in [3.8, 4) is 11.5 Å². The maximum absolute atomic E-state index is 13.4.